The van der Waals surface area contributed by atoms with E-state index in [-0.39, 0.29) is 17.2 Å². The van der Waals surface area contributed by atoms with Crippen molar-refractivity contribution in [2.24, 2.45) is 0 Å². The largest absolute Gasteiger partial charge is 0.383 e. The van der Waals surface area contributed by atoms with Crippen LogP contribution < -0.4 is 10.0 Å². The summed E-state index contributed by atoms with van der Waals surface area (Å²) in [5, 5.41) is 3.04. The van der Waals surface area contributed by atoms with Gasteiger partial charge in [0.1, 0.15) is 0 Å². The molecule has 1 aromatic carbocycles. The van der Waals surface area contributed by atoms with E-state index in [0.29, 0.717) is 31.7 Å². The van der Waals surface area contributed by atoms with Crippen LogP contribution in [0.1, 0.15) is 23.7 Å². The van der Waals surface area contributed by atoms with E-state index in [2.05, 4.69) is 10.0 Å². The summed E-state index contributed by atoms with van der Waals surface area (Å²) < 4.78 is 31.6. The highest BCUT2D eigenvalue weighted by molar-refractivity contribution is 7.89. The second-order valence-electron chi connectivity index (χ2n) is 4.45. The first kappa shape index (κ1) is 17.8. The Morgan fingerprint density at radius 3 is 2.67 bits per heavy atom. The van der Waals surface area contributed by atoms with Gasteiger partial charge in [-0.3, -0.25) is 4.79 Å². The Morgan fingerprint density at radius 1 is 1.24 bits per heavy atom. The number of carbonyl (C=O) groups is 1. The van der Waals surface area contributed by atoms with Crippen LogP contribution in [0.2, 0.25) is 0 Å². The lowest BCUT2D eigenvalue weighted by Gasteiger charge is -2.08. The standard InChI is InChI=1S/C14H22N2O4S/c1-3-14(17)12-5-4-6-13(11-12)21(18,19)16-8-7-15-9-10-20-2/h4-6,11,15-16H,3,7-10H2,1-2H3. The molecule has 0 atom stereocenters. The highest BCUT2D eigenvalue weighted by Gasteiger charge is 2.15. The molecule has 0 fully saturated rings. The van der Waals surface area contributed by atoms with Crippen molar-refractivity contribution in [1.29, 1.82) is 0 Å². The summed E-state index contributed by atoms with van der Waals surface area (Å²) in [5.74, 6) is -0.0757. The van der Waals surface area contributed by atoms with Crippen LogP contribution in [0.3, 0.4) is 0 Å². The van der Waals surface area contributed by atoms with Crippen LogP contribution in [-0.2, 0) is 14.8 Å². The minimum absolute atomic E-state index is 0.0757. The number of ether oxygens (including phenoxy) is 1. The fraction of sp³-hybridized carbons (Fsp3) is 0.500. The number of ketones is 1. The van der Waals surface area contributed by atoms with Crippen molar-refractivity contribution in [3.63, 3.8) is 0 Å². The maximum Gasteiger partial charge on any atom is 0.240 e. The molecule has 2 N–H and O–H groups in total. The molecule has 0 spiro atoms. The van der Waals surface area contributed by atoms with Gasteiger partial charge in [0, 0.05) is 38.7 Å². The number of hydrogen-bond donors (Lipinski definition) is 2. The number of carbonyl (C=O) groups excluding carboxylic acids is 1. The van der Waals surface area contributed by atoms with Gasteiger partial charge in [-0.05, 0) is 12.1 Å². The summed E-state index contributed by atoms with van der Waals surface area (Å²) in [4.78, 5) is 11.7. The molecule has 0 heterocycles. The fourth-order valence-corrected chi connectivity index (χ4v) is 2.77. The smallest absolute Gasteiger partial charge is 0.240 e. The summed E-state index contributed by atoms with van der Waals surface area (Å²) in [6.07, 6.45) is 0.348. The topological polar surface area (TPSA) is 84.5 Å². The Morgan fingerprint density at radius 2 is 2.00 bits per heavy atom. The first-order valence-corrected chi connectivity index (χ1v) is 8.32. The van der Waals surface area contributed by atoms with Crippen LogP contribution >= 0.6 is 0 Å². The molecule has 0 saturated carbocycles. The highest BCUT2D eigenvalue weighted by Crippen LogP contribution is 2.12. The van der Waals surface area contributed by atoms with E-state index in [9.17, 15) is 13.2 Å². The molecule has 0 saturated heterocycles. The van der Waals surface area contributed by atoms with Crippen molar-refractivity contribution in [3.05, 3.63) is 29.8 Å². The predicted molar refractivity (Wildman–Crippen MR) is 81.0 cm³/mol. The number of benzene rings is 1. The second kappa shape index (κ2) is 8.89. The van der Waals surface area contributed by atoms with E-state index in [1.807, 2.05) is 0 Å². The Bertz CT molecular complexity index is 558. The molecule has 1 aromatic rings. The molecular weight excluding hydrogens is 292 g/mol. The van der Waals surface area contributed by atoms with Gasteiger partial charge in [0.25, 0.3) is 0 Å². The van der Waals surface area contributed by atoms with Crippen molar-refractivity contribution in [2.75, 3.05) is 33.4 Å². The molecule has 7 heteroatoms. The summed E-state index contributed by atoms with van der Waals surface area (Å²) in [6, 6.07) is 6.09. The number of nitrogens with one attached hydrogen (secondary N) is 2. The van der Waals surface area contributed by atoms with Gasteiger partial charge in [-0.15, -0.1) is 0 Å². The normalized spacial score (nSPS) is 11.5. The van der Waals surface area contributed by atoms with Crippen LogP contribution in [-0.4, -0.2) is 47.6 Å². The molecule has 0 unspecified atom stereocenters. The van der Waals surface area contributed by atoms with Crippen molar-refractivity contribution in [2.45, 2.75) is 18.2 Å². The van der Waals surface area contributed by atoms with E-state index >= 15 is 0 Å². The summed E-state index contributed by atoms with van der Waals surface area (Å²) in [7, 11) is -1.98. The van der Waals surface area contributed by atoms with Gasteiger partial charge >= 0.3 is 0 Å². The molecule has 1 rings (SSSR count). The third-order valence-corrected chi connectivity index (χ3v) is 4.32. The van der Waals surface area contributed by atoms with Crippen LogP contribution in [0.25, 0.3) is 0 Å². The van der Waals surface area contributed by atoms with E-state index in [1.165, 1.54) is 12.1 Å². The van der Waals surface area contributed by atoms with E-state index in [0.717, 1.165) is 0 Å². The zero-order valence-corrected chi connectivity index (χ0v) is 13.2. The fourth-order valence-electron chi connectivity index (χ4n) is 1.70. The Labute approximate surface area is 125 Å². The average Bonchev–Trinajstić information content (AvgIpc) is 2.50. The van der Waals surface area contributed by atoms with Crippen molar-refractivity contribution < 1.29 is 17.9 Å². The number of methoxy groups -OCH3 is 1. The summed E-state index contributed by atoms with van der Waals surface area (Å²) in [6.45, 7) is 3.77. The monoisotopic (exact) mass is 314 g/mol. The molecule has 0 aliphatic carbocycles. The highest BCUT2D eigenvalue weighted by atomic mass is 32.2. The molecular formula is C14H22N2O4S. The van der Waals surface area contributed by atoms with Gasteiger partial charge in [0.2, 0.25) is 10.0 Å². The van der Waals surface area contributed by atoms with Gasteiger partial charge < -0.3 is 10.1 Å². The predicted octanol–water partition coefficient (Wildman–Crippen LogP) is 0.794. The van der Waals surface area contributed by atoms with Gasteiger partial charge in [-0.2, -0.15) is 0 Å². The zero-order chi connectivity index (χ0) is 15.7. The van der Waals surface area contributed by atoms with Crippen LogP contribution in [0.4, 0.5) is 0 Å². The van der Waals surface area contributed by atoms with Crippen molar-refractivity contribution in [3.8, 4) is 0 Å². The quantitative estimate of drug-likeness (QED) is 0.493. The zero-order valence-electron chi connectivity index (χ0n) is 12.4. The van der Waals surface area contributed by atoms with Gasteiger partial charge in [0.15, 0.2) is 5.78 Å². The minimum atomic E-state index is -3.59. The molecule has 0 bridgehead atoms. The van der Waals surface area contributed by atoms with Crippen molar-refractivity contribution >= 4 is 15.8 Å². The van der Waals surface area contributed by atoms with Gasteiger partial charge in [-0.1, -0.05) is 19.1 Å². The molecule has 0 amide bonds. The maximum atomic E-state index is 12.1. The molecule has 118 valence electrons. The molecule has 0 aliphatic heterocycles. The Hall–Kier alpha value is -1.28. The number of rotatable bonds is 10. The average molecular weight is 314 g/mol. The summed E-state index contributed by atoms with van der Waals surface area (Å²) >= 11 is 0. The third kappa shape index (κ3) is 5.92. The molecule has 0 radical (unpaired) electrons. The lowest BCUT2D eigenvalue weighted by molar-refractivity contribution is 0.0988. The van der Waals surface area contributed by atoms with E-state index in [1.54, 1.807) is 26.2 Å². The van der Waals surface area contributed by atoms with Gasteiger partial charge in [-0.25, -0.2) is 13.1 Å². The SMILES string of the molecule is CCC(=O)c1cccc(S(=O)(=O)NCCNCCOC)c1. The van der Waals surface area contributed by atoms with Crippen LogP contribution in [0.5, 0.6) is 0 Å². The van der Waals surface area contributed by atoms with E-state index < -0.39 is 10.0 Å². The second-order valence-corrected chi connectivity index (χ2v) is 6.21. The number of hydrogen-bond acceptors (Lipinski definition) is 5. The first-order valence-electron chi connectivity index (χ1n) is 6.84. The molecule has 0 aromatic heterocycles. The van der Waals surface area contributed by atoms with E-state index in [4.69, 9.17) is 4.74 Å². The lowest BCUT2D eigenvalue weighted by Crippen LogP contribution is -2.33. The molecule has 6 nitrogen and oxygen atoms in total. The van der Waals surface area contributed by atoms with Crippen LogP contribution in [0.15, 0.2) is 29.2 Å². The molecule has 0 aliphatic rings. The number of sulfonamides is 1. The van der Waals surface area contributed by atoms with Gasteiger partial charge in [0.05, 0.1) is 11.5 Å². The van der Waals surface area contributed by atoms with Crippen LogP contribution in [0, 0.1) is 0 Å². The third-order valence-electron chi connectivity index (χ3n) is 2.86. The maximum absolute atomic E-state index is 12.1. The minimum Gasteiger partial charge on any atom is -0.383 e. The van der Waals surface area contributed by atoms with Crippen molar-refractivity contribution in [1.82, 2.24) is 10.0 Å². The first-order chi connectivity index (χ1) is 10.0. The lowest BCUT2D eigenvalue weighted by atomic mass is 10.1. The Balaban J connectivity index is 2.60. The summed E-state index contributed by atoms with van der Waals surface area (Å²) in [5.41, 5.74) is 0.415. The molecule has 21 heavy (non-hydrogen) atoms. The number of Topliss-reactive ketones (excluding diaryl/α,β-unsaturated/α-hetero) is 1. The Kier molecular flexibility index (Phi) is 7.52.